The lowest BCUT2D eigenvalue weighted by molar-refractivity contribution is -0.870. The first kappa shape index (κ1) is 23.7. The molecule has 0 saturated heterocycles. The summed E-state index contributed by atoms with van der Waals surface area (Å²) in [6.07, 6.45) is 14.1. The van der Waals surface area contributed by atoms with Crippen LogP contribution in [0.25, 0.3) is 0 Å². The number of quaternary nitrogens is 1. The Morgan fingerprint density at radius 2 is 1.10 bits per heavy atom. The molecule has 3 heteroatoms. The number of hydrogen-bond donors (Lipinski definition) is 0. The van der Waals surface area contributed by atoms with Crippen LogP contribution in [0.1, 0.15) is 71.1 Å². The van der Waals surface area contributed by atoms with Gasteiger partial charge in [0.1, 0.15) is 0 Å². The highest BCUT2D eigenvalue weighted by atomic mass is 79.9. The Kier molecular flexibility index (Phi) is 17.2. The van der Waals surface area contributed by atoms with Crippen molar-refractivity contribution in [3.63, 3.8) is 0 Å². The monoisotopic (exact) mass is 364 g/mol. The lowest BCUT2D eigenvalue weighted by atomic mass is 10.1. The molecule has 2 nitrogen and oxygen atoms in total. The molecule has 21 heavy (non-hydrogen) atoms. The van der Waals surface area contributed by atoms with Crippen molar-refractivity contribution in [2.75, 3.05) is 47.8 Å². The largest absolute Gasteiger partial charge is 1.00 e. The van der Waals surface area contributed by atoms with Gasteiger partial charge in [0.05, 0.1) is 27.7 Å². The summed E-state index contributed by atoms with van der Waals surface area (Å²) in [5.41, 5.74) is 0. The molecule has 0 spiro atoms. The second-order valence-electron chi connectivity index (χ2n) is 7.50. The van der Waals surface area contributed by atoms with Gasteiger partial charge in [-0.05, 0) is 39.4 Å². The summed E-state index contributed by atoms with van der Waals surface area (Å²) in [5.74, 6) is 0. The van der Waals surface area contributed by atoms with E-state index in [1.165, 1.54) is 83.8 Å². The van der Waals surface area contributed by atoms with E-state index in [-0.39, 0.29) is 17.0 Å². The second-order valence-corrected chi connectivity index (χ2v) is 7.50. The van der Waals surface area contributed by atoms with Crippen LogP contribution in [0, 0.1) is 0 Å². The van der Waals surface area contributed by atoms with Crippen LogP contribution < -0.4 is 17.0 Å². The van der Waals surface area contributed by atoms with E-state index in [1.54, 1.807) is 0 Å². The molecule has 0 atom stereocenters. The molecule has 0 unspecified atom stereocenters. The standard InChI is InChI=1S/C18H41N2.BrH/c1-6-7-8-9-10-11-12-13-16-19(2)17-14-15-18-20(3,4)5;/h6-18H2,1-5H3;1H/q+1;/p-1. The fourth-order valence-electron chi connectivity index (χ4n) is 2.60. The molecule has 0 fully saturated rings. The predicted octanol–water partition coefficient (Wildman–Crippen LogP) is 1.55. The first-order valence-electron chi connectivity index (χ1n) is 8.94. The van der Waals surface area contributed by atoms with E-state index in [0.29, 0.717) is 0 Å². The summed E-state index contributed by atoms with van der Waals surface area (Å²) < 4.78 is 1.10. The van der Waals surface area contributed by atoms with E-state index in [2.05, 4.69) is 40.0 Å². The van der Waals surface area contributed by atoms with Gasteiger partial charge in [-0.25, -0.2) is 0 Å². The van der Waals surface area contributed by atoms with Crippen molar-refractivity contribution in [3.8, 4) is 0 Å². The summed E-state index contributed by atoms with van der Waals surface area (Å²) in [6, 6.07) is 0. The minimum absolute atomic E-state index is 0. The van der Waals surface area contributed by atoms with Gasteiger partial charge < -0.3 is 26.4 Å². The van der Waals surface area contributed by atoms with Crippen molar-refractivity contribution in [2.45, 2.75) is 71.1 Å². The Hall–Kier alpha value is 0.400. The fraction of sp³-hybridized carbons (Fsp3) is 1.00. The molecular weight excluding hydrogens is 324 g/mol. The van der Waals surface area contributed by atoms with Crippen LogP contribution in [-0.2, 0) is 0 Å². The van der Waals surface area contributed by atoms with E-state index < -0.39 is 0 Å². The van der Waals surface area contributed by atoms with Crippen molar-refractivity contribution in [3.05, 3.63) is 0 Å². The molecular formula is C18H41BrN2. The summed E-state index contributed by atoms with van der Waals surface area (Å²) in [5, 5.41) is 0. The molecule has 0 radical (unpaired) electrons. The molecule has 0 N–H and O–H groups in total. The van der Waals surface area contributed by atoms with E-state index in [1.807, 2.05) is 0 Å². The summed E-state index contributed by atoms with van der Waals surface area (Å²) in [6.45, 7) is 6.15. The van der Waals surface area contributed by atoms with Crippen LogP contribution >= 0.6 is 0 Å². The van der Waals surface area contributed by atoms with Crippen molar-refractivity contribution in [1.82, 2.24) is 4.90 Å². The second kappa shape index (κ2) is 15.3. The number of unbranched alkanes of at least 4 members (excludes halogenated alkanes) is 8. The highest BCUT2D eigenvalue weighted by molar-refractivity contribution is 4.53. The van der Waals surface area contributed by atoms with Gasteiger partial charge in [-0.3, -0.25) is 0 Å². The van der Waals surface area contributed by atoms with Gasteiger partial charge in [-0.15, -0.1) is 0 Å². The molecule has 0 rings (SSSR count). The molecule has 0 amide bonds. The molecule has 0 bridgehead atoms. The van der Waals surface area contributed by atoms with Crippen LogP contribution in [0.3, 0.4) is 0 Å². The fourth-order valence-corrected chi connectivity index (χ4v) is 2.60. The topological polar surface area (TPSA) is 3.24 Å². The molecule has 130 valence electrons. The zero-order chi connectivity index (χ0) is 15.3. The van der Waals surface area contributed by atoms with Gasteiger partial charge in [0, 0.05) is 0 Å². The van der Waals surface area contributed by atoms with Crippen LogP contribution in [0.15, 0.2) is 0 Å². The molecule has 0 aromatic rings. The third-order valence-electron chi connectivity index (χ3n) is 4.01. The normalized spacial score (nSPS) is 11.7. The van der Waals surface area contributed by atoms with Gasteiger partial charge in [0.25, 0.3) is 0 Å². The Bertz CT molecular complexity index is 202. The Morgan fingerprint density at radius 1 is 0.667 bits per heavy atom. The molecule has 0 aliphatic carbocycles. The Morgan fingerprint density at radius 3 is 1.57 bits per heavy atom. The average Bonchev–Trinajstić information content (AvgIpc) is 2.37. The average molecular weight is 365 g/mol. The van der Waals surface area contributed by atoms with Crippen molar-refractivity contribution in [1.29, 1.82) is 0 Å². The maximum atomic E-state index is 2.52. The summed E-state index contributed by atoms with van der Waals surface area (Å²) >= 11 is 0. The van der Waals surface area contributed by atoms with Gasteiger partial charge in [-0.1, -0.05) is 51.9 Å². The molecule has 0 heterocycles. The van der Waals surface area contributed by atoms with Gasteiger partial charge in [0.15, 0.2) is 0 Å². The summed E-state index contributed by atoms with van der Waals surface area (Å²) in [7, 11) is 9.13. The van der Waals surface area contributed by atoms with E-state index in [4.69, 9.17) is 0 Å². The number of halogens is 1. The Labute approximate surface area is 145 Å². The van der Waals surface area contributed by atoms with Gasteiger partial charge >= 0.3 is 0 Å². The SMILES string of the molecule is CCCCCCCCCCN(C)CCCC[N+](C)(C)C.[Br-]. The van der Waals surface area contributed by atoms with Crippen LogP contribution in [0.5, 0.6) is 0 Å². The molecule has 0 aliphatic rings. The maximum absolute atomic E-state index is 2.52. The first-order valence-corrected chi connectivity index (χ1v) is 8.94. The van der Waals surface area contributed by atoms with Crippen molar-refractivity contribution < 1.29 is 21.5 Å². The highest BCUT2D eigenvalue weighted by Gasteiger charge is 2.06. The van der Waals surface area contributed by atoms with E-state index in [9.17, 15) is 0 Å². The van der Waals surface area contributed by atoms with E-state index >= 15 is 0 Å². The third kappa shape index (κ3) is 20.4. The molecule has 0 saturated carbocycles. The van der Waals surface area contributed by atoms with Crippen LogP contribution in [0.2, 0.25) is 0 Å². The zero-order valence-electron chi connectivity index (χ0n) is 15.5. The van der Waals surface area contributed by atoms with E-state index in [0.717, 1.165) is 4.48 Å². The molecule has 0 aromatic heterocycles. The van der Waals surface area contributed by atoms with Crippen LogP contribution in [-0.4, -0.2) is 57.2 Å². The predicted molar refractivity (Wildman–Crippen MR) is 92.2 cm³/mol. The first-order chi connectivity index (χ1) is 9.45. The Balaban J connectivity index is 0. The van der Waals surface area contributed by atoms with Crippen molar-refractivity contribution in [2.24, 2.45) is 0 Å². The smallest absolute Gasteiger partial charge is 0.0780 e. The number of rotatable bonds is 14. The lowest BCUT2D eigenvalue weighted by Crippen LogP contribution is -3.00. The number of nitrogens with zero attached hydrogens (tertiary/aromatic N) is 2. The third-order valence-corrected chi connectivity index (χ3v) is 4.01. The minimum Gasteiger partial charge on any atom is -1.00 e. The quantitative estimate of drug-likeness (QED) is 0.334. The zero-order valence-corrected chi connectivity index (χ0v) is 17.1. The van der Waals surface area contributed by atoms with Crippen molar-refractivity contribution >= 4 is 0 Å². The van der Waals surface area contributed by atoms with Gasteiger partial charge in [-0.2, -0.15) is 0 Å². The number of hydrogen-bond acceptors (Lipinski definition) is 1. The molecule has 0 aliphatic heterocycles. The maximum Gasteiger partial charge on any atom is 0.0780 e. The molecule has 0 aromatic carbocycles. The summed E-state index contributed by atoms with van der Waals surface area (Å²) in [4.78, 5) is 2.52. The highest BCUT2D eigenvalue weighted by Crippen LogP contribution is 2.08. The minimum atomic E-state index is 0. The van der Waals surface area contributed by atoms with Gasteiger partial charge in [0.2, 0.25) is 0 Å². The lowest BCUT2D eigenvalue weighted by Gasteiger charge is -2.24. The van der Waals surface area contributed by atoms with Crippen LogP contribution in [0.4, 0.5) is 0 Å².